The van der Waals surface area contributed by atoms with Crippen molar-refractivity contribution in [3.05, 3.63) is 64.0 Å². The third kappa shape index (κ3) is 2.93. The summed E-state index contributed by atoms with van der Waals surface area (Å²) in [6, 6.07) is 9.40. The largest absolute Gasteiger partial charge is 0.361 e. The van der Waals surface area contributed by atoms with Gasteiger partial charge in [0.1, 0.15) is 5.82 Å². The summed E-state index contributed by atoms with van der Waals surface area (Å²) in [5, 5.41) is 4.26. The first-order valence-corrected chi connectivity index (χ1v) is 7.29. The zero-order valence-electron chi connectivity index (χ0n) is 11.3. The van der Waals surface area contributed by atoms with Crippen molar-refractivity contribution in [2.45, 2.75) is 6.42 Å². The second-order valence-corrected chi connectivity index (χ2v) is 5.64. The van der Waals surface area contributed by atoms with E-state index in [0.29, 0.717) is 21.2 Å². The van der Waals surface area contributed by atoms with E-state index in [1.54, 1.807) is 30.5 Å². The third-order valence-corrected chi connectivity index (χ3v) is 3.94. The molecule has 1 aromatic heterocycles. The first-order chi connectivity index (χ1) is 10.5. The molecule has 0 fully saturated rings. The Hall–Kier alpha value is -2.04. The molecule has 0 bridgehead atoms. The van der Waals surface area contributed by atoms with Crippen molar-refractivity contribution in [1.82, 2.24) is 4.98 Å². The number of aromatic nitrogens is 1. The number of halogens is 3. The van der Waals surface area contributed by atoms with Gasteiger partial charge in [-0.05, 0) is 35.9 Å². The van der Waals surface area contributed by atoms with Crippen molar-refractivity contribution < 1.29 is 9.18 Å². The maximum atomic E-state index is 13.2. The van der Waals surface area contributed by atoms with E-state index in [1.807, 2.05) is 0 Å². The molecule has 0 saturated heterocycles. The van der Waals surface area contributed by atoms with Crippen LogP contribution in [0.3, 0.4) is 0 Å². The molecule has 22 heavy (non-hydrogen) atoms. The van der Waals surface area contributed by atoms with Gasteiger partial charge in [-0.25, -0.2) is 4.39 Å². The van der Waals surface area contributed by atoms with E-state index < -0.39 is 0 Å². The maximum Gasteiger partial charge on any atom is 0.228 e. The minimum Gasteiger partial charge on any atom is -0.361 e. The number of para-hydroxylation sites is 1. The molecule has 0 aliphatic heterocycles. The summed E-state index contributed by atoms with van der Waals surface area (Å²) in [6.07, 6.45) is 1.82. The van der Waals surface area contributed by atoms with E-state index in [4.69, 9.17) is 23.2 Å². The Kier molecular flexibility index (Phi) is 4.05. The van der Waals surface area contributed by atoms with Crippen molar-refractivity contribution in [3.63, 3.8) is 0 Å². The first-order valence-electron chi connectivity index (χ1n) is 6.54. The number of H-pyrrole nitrogens is 1. The monoisotopic (exact) mass is 336 g/mol. The Labute approximate surface area is 136 Å². The van der Waals surface area contributed by atoms with Gasteiger partial charge in [0.2, 0.25) is 5.91 Å². The summed E-state index contributed by atoms with van der Waals surface area (Å²) < 4.78 is 13.2. The Morgan fingerprint density at radius 2 is 1.91 bits per heavy atom. The topological polar surface area (TPSA) is 44.9 Å². The fourth-order valence-electron chi connectivity index (χ4n) is 2.28. The predicted octanol–water partition coefficient (Wildman–Crippen LogP) is 4.80. The Morgan fingerprint density at radius 1 is 1.18 bits per heavy atom. The van der Waals surface area contributed by atoms with Gasteiger partial charge in [0.15, 0.2) is 0 Å². The van der Waals surface area contributed by atoms with Crippen LogP contribution in [0.2, 0.25) is 10.0 Å². The van der Waals surface area contributed by atoms with Gasteiger partial charge >= 0.3 is 0 Å². The fraction of sp³-hybridized carbons (Fsp3) is 0.0625. The second kappa shape index (κ2) is 5.99. The number of aromatic amines is 1. The highest BCUT2D eigenvalue weighted by Crippen LogP contribution is 2.30. The molecule has 0 spiro atoms. The molecule has 1 heterocycles. The molecule has 0 saturated carbocycles. The van der Waals surface area contributed by atoms with Crippen molar-refractivity contribution >= 4 is 45.7 Å². The van der Waals surface area contributed by atoms with Gasteiger partial charge in [-0.15, -0.1) is 0 Å². The predicted molar refractivity (Wildman–Crippen MR) is 87.1 cm³/mol. The van der Waals surface area contributed by atoms with Crippen LogP contribution < -0.4 is 5.32 Å². The van der Waals surface area contributed by atoms with Crippen molar-refractivity contribution in [3.8, 4) is 0 Å². The molecule has 0 atom stereocenters. The lowest BCUT2D eigenvalue weighted by atomic mass is 10.1. The van der Waals surface area contributed by atoms with E-state index in [0.717, 1.165) is 10.9 Å². The van der Waals surface area contributed by atoms with E-state index in [9.17, 15) is 9.18 Å². The quantitative estimate of drug-likeness (QED) is 0.709. The summed E-state index contributed by atoms with van der Waals surface area (Å²) in [5.41, 5.74) is 1.82. The lowest BCUT2D eigenvalue weighted by Crippen LogP contribution is -2.14. The zero-order chi connectivity index (χ0) is 15.7. The standard InChI is InChI=1S/C16H11Cl2FN2O/c17-12-2-1-3-13(18)16(12)21-15(22)6-9-8-20-14-7-10(19)4-5-11(9)14/h1-5,7-8,20H,6H2,(H,21,22). The maximum absolute atomic E-state index is 13.2. The molecule has 0 aliphatic carbocycles. The molecule has 2 N–H and O–H groups in total. The average molecular weight is 337 g/mol. The number of benzene rings is 2. The van der Waals surface area contributed by atoms with Gasteiger partial charge in [0.25, 0.3) is 0 Å². The van der Waals surface area contributed by atoms with Crippen molar-refractivity contribution in [2.75, 3.05) is 5.32 Å². The molecule has 112 valence electrons. The van der Waals surface area contributed by atoms with Crippen LogP contribution in [-0.4, -0.2) is 10.9 Å². The number of hydrogen-bond acceptors (Lipinski definition) is 1. The third-order valence-electron chi connectivity index (χ3n) is 3.31. The van der Waals surface area contributed by atoms with Gasteiger partial charge in [0, 0.05) is 17.1 Å². The number of carbonyl (C=O) groups is 1. The van der Waals surface area contributed by atoms with E-state index >= 15 is 0 Å². The van der Waals surface area contributed by atoms with Crippen molar-refractivity contribution in [1.29, 1.82) is 0 Å². The van der Waals surface area contributed by atoms with E-state index in [2.05, 4.69) is 10.3 Å². The number of nitrogens with one attached hydrogen (secondary N) is 2. The Bertz CT molecular complexity index is 840. The average Bonchev–Trinajstić information content (AvgIpc) is 2.85. The summed E-state index contributed by atoms with van der Waals surface area (Å²) >= 11 is 12.0. The molecular formula is C16H11Cl2FN2O. The van der Waals surface area contributed by atoms with Crippen molar-refractivity contribution in [2.24, 2.45) is 0 Å². The minimum atomic E-state index is -0.326. The van der Waals surface area contributed by atoms with Crippen LogP contribution in [0.1, 0.15) is 5.56 Å². The van der Waals surface area contributed by atoms with Crippen LogP contribution in [0.5, 0.6) is 0 Å². The lowest BCUT2D eigenvalue weighted by Gasteiger charge is -2.08. The van der Waals surface area contributed by atoms with Crippen LogP contribution >= 0.6 is 23.2 Å². The number of carbonyl (C=O) groups excluding carboxylic acids is 1. The highest BCUT2D eigenvalue weighted by Gasteiger charge is 2.12. The molecule has 2 aromatic carbocycles. The molecule has 3 aromatic rings. The van der Waals surface area contributed by atoms with Crippen LogP contribution in [0, 0.1) is 5.82 Å². The second-order valence-electron chi connectivity index (χ2n) is 4.83. The SMILES string of the molecule is O=C(Cc1c[nH]c2cc(F)ccc12)Nc1c(Cl)cccc1Cl. The van der Waals surface area contributed by atoms with Crippen LogP contribution in [0.4, 0.5) is 10.1 Å². The summed E-state index contributed by atoms with van der Waals surface area (Å²) in [6.45, 7) is 0. The van der Waals surface area contributed by atoms with Crippen LogP contribution in [0.25, 0.3) is 10.9 Å². The summed E-state index contributed by atoms with van der Waals surface area (Å²) in [7, 11) is 0. The number of fused-ring (bicyclic) bond motifs is 1. The summed E-state index contributed by atoms with van der Waals surface area (Å²) in [5.74, 6) is -0.576. The fourth-order valence-corrected chi connectivity index (χ4v) is 2.77. The van der Waals surface area contributed by atoms with Crippen LogP contribution in [-0.2, 0) is 11.2 Å². The van der Waals surface area contributed by atoms with Gasteiger partial charge in [-0.3, -0.25) is 4.79 Å². The van der Waals surface area contributed by atoms with Gasteiger partial charge in [-0.1, -0.05) is 29.3 Å². The molecule has 6 heteroatoms. The Morgan fingerprint density at radius 3 is 2.64 bits per heavy atom. The molecular weight excluding hydrogens is 326 g/mol. The van der Waals surface area contributed by atoms with Gasteiger partial charge in [-0.2, -0.15) is 0 Å². The van der Waals surface area contributed by atoms with E-state index in [-0.39, 0.29) is 18.1 Å². The molecule has 0 unspecified atom stereocenters. The number of rotatable bonds is 3. The minimum absolute atomic E-state index is 0.132. The number of anilines is 1. The zero-order valence-corrected chi connectivity index (χ0v) is 12.8. The van der Waals surface area contributed by atoms with Gasteiger partial charge in [0.05, 0.1) is 22.2 Å². The molecule has 0 radical (unpaired) electrons. The highest BCUT2D eigenvalue weighted by molar-refractivity contribution is 6.39. The number of hydrogen-bond donors (Lipinski definition) is 2. The molecule has 1 amide bonds. The highest BCUT2D eigenvalue weighted by atomic mass is 35.5. The van der Waals surface area contributed by atoms with E-state index in [1.165, 1.54) is 12.1 Å². The lowest BCUT2D eigenvalue weighted by molar-refractivity contribution is -0.115. The van der Waals surface area contributed by atoms with Crippen LogP contribution in [0.15, 0.2) is 42.6 Å². The number of amides is 1. The normalized spacial score (nSPS) is 10.9. The Balaban J connectivity index is 1.82. The molecule has 3 rings (SSSR count). The van der Waals surface area contributed by atoms with Gasteiger partial charge < -0.3 is 10.3 Å². The molecule has 3 nitrogen and oxygen atoms in total. The first kappa shape index (κ1) is 14.9. The summed E-state index contributed by atoms with van der Waals surface area (Å²) in [4.78, 5) is 15.1. The molecule has 0 aliphatic rings. The smallest absolute Gasteiger partial charge is 0.228 e.